The standard InChI is InChI=1S/C23H31N3.C2H2O4/c1-20-7-5-6-8-21(20)19-24-13-11-23(12-14-24)26-17-15-25(16-18-26)22-9-3-2-4-10-22;3-1(4)2(5)6/h2-10,23H,11-19H2,1H3;(H,3,4)(H,5,6). The van der Waals surface area contributed by atoms with E-state index in [1.807, 2.05) is 0 Å². The van der Waals surface area contributed by atoms with Gasteiger partial charge in [-0.05, 0) is 56.1 Å². The summed E-state index contributed by atoms with van der Waals surface area (Å²) in [5, 5.41) is 14.8. The Morgan fingerprint density at radius 2 is 1.38 bits per heavy atom. The van der Waals surface area contributed by atoms with Gasteiger partial charge in [0, 0.05) is 44.5 Å². The van der Waals surface area contributed by atoms with Gasteiger partial charge in [-0.3, -0.25) is 9.80 Å². The zero-order chi connectivity index (χ0) is 22.9. The topological polar surface area (TPSA) is 84.3 Å². The van der Waals surface area contributed by atoms with E-state index in [-0.39, 0.29) is 0 Å². The van der Waals surface area contributed by atoms with Gasteiger partial charge < -0.3 is 15.1 Å². The Balaban J connectivity index is 0.000000427. The molecule has 2 aliphatic rings. The molecule has 7 heteroatoms. The summed E-state index contributed by atoms with van der Waals surface area (Å²) in [6.07, 6.45) is 2.63. The molecule has 0 spiro atoms. The fourth-order valence-corrected chi connectivity index (χ4v) is 4.46. The van der Waals surface area contributed by atoms with Crippen LogP contribution in [0.1, 0.15) is 24.0 Å². The monoisotopic (exact) mass is 439 g/mol. The quantitative estimate of drug-likeness (QED) is 0.709. The molecular formula is C25H33N3O4. The molecule has 0 aliphatic carbocycles. The molecule has 2 heterocycles. The molecule has 0 saturated carbocycles. The van der Waals surface area contributed by atoms with Crippen LogP contribution in [0.25, 0.3) is 0 Å². The van der Waals surface area contributed by atoms with Crippen molar-refractivity contribution in [2.45, 2.75) is 32.4 Å². The fraction of sp³-hybridized carbons (Fsp3) is 0.440. The maximum atomic E-state index is 9.10. The van der Waals surface area contributed by atoms with Crippen molar-refractivity contribution in [3.05, 3.63) is 65.7 Å². The Morgan fingerprint density at radius 1 is 0.812 bits per heavy atom. The van der Waals surface area contributed by atoms with E-state index in [2.05, 4.69) is 76.2 Å². The second kappa shape index (κ2) is 11.6. The maximum Gasteiger partial charge on any atom is 0.414 e. The first-order valence-corrected chi connectivity index (χ1v) is 11.2. The first kappa shape index (κ1) is 23.8. The van der Waals surface area contributed by atoms with Crippen LogP contribution >= 0.6 is 0 Å². The van der Waals surface area contributed by atoms with E-state index >= 15 is 0 Å². The molecule has 2 N–H and O–H groups in total. The molecule has 172 valence electrons. The van der Waals surface area contributed by atoms with E-state index in [0.717, 1.165) is 25.7 Å². The van der Waals surface area contributed by atoms with E-state index < -0.39 is 11.9 Å². The molecule has 0 radical (unpaired) electrons. The number of nitrogens with zero attached hydrogens (tertiary/aromatic N) is 3. The Morgan fingerprint density at radius 3 is 1.94 bits per heavy atom. The number of carboxylic acids is 2. The van der Waals surface area contributed by atoms with Crippen molar-refractivity contribution < 1.29 is 19.8 Å². The van der Waals surface area contributed by atoms with Crippen LogP contribution in [0.4, 0.5) is 5.69 Å². The highest BCUT2D eigenvalue weighted by Crippen LogP contribution is 2.22. The van der Waals surface area contributed by atoms with Crippen LogP contribution in [-0.2, 0) is 16.1 Å². The summed E-state index contributed by atoms with van der Waals surface area (Å²) in [6.45, 7) is 10.5. The summed E-state index contributed by atoms with van der Waals surface area (Å²) in [6, 6.07) is 20.5. The number of hydrogen-bond donors (Lipinski definition) is 2. The second-order valence-corrected chi connectivity index (χ2v) is 8.40. The van der Waals surface area contributed by atoms with Gasteiger partial charge in [0.2, 0.25) is 0 Å². The lowest BCUT2D eigenvalue weighted by Crippen LogP contribution is -2.53. The minimum Gasteiger partial charge on any atom is -0.473 e. The number of aliphatic carboxylic acids is 2. The van der Waals surface area contributed by atoms with E-state index in [9.17, 15) is 0 Å². The molecule has 0 aromatic heterocycles. The highest BCUT2D eigenvalue weighted by atomic mass is 16.4. The van der Waals surface area contributed by atoms with E-state index in [4.69, 9.17) is 19.8 Å². The van der Waals surface area contributed by atoms with Gasteiger partial charge in [0.05, 0.1) is 0 Å². The first-order valence-electron chi connectivity index (χ1n) is 11.2. The van der Waals surface area contributed by atoms with Crippen LogP contribution in [0.3, 0.4) is 0 Å². The summed E-state index contributed by atoms with van der Waals surface area (Å²) in [4.78, 5) is 26.1. The molecule has 2 aromatic carbocycles. The zero-order valence-electron chi connectivity index (χ0n) is 18.7. The van der Waals surface area contributed by atoms with Crippen LogP contribution in [0.2, 0.25) is 0 Å². The van der Waals surface area contributed by atoms with Crippen LogP contribution in [0.15, 0.2) is 54.6 Å². The number of piperazine rings is 1. The predicted molar refractivity (Wildman–Crippen MR) is 125 cm³/mol. The predicted octanol–water partition coefficient (Wildman–Crippen LogP) is 2.94. The number of likely N-dealkylation sites (tertiary alicyclic amines) is 1. The number of carbonyl (C=O) groups is 2. The zero-order valence-corrected chi connectivity index (χ0v) is 18.7. The smallest absolute Gasteiger partial charge is 0.414 e. The molecule has 2 saturated heterocycles. The van der Waals surface area contributed by atoms with Crippen molar-refractivity contribution in [2.24, 2.45) is 0 Å². The Labute approximate surface area is 189 Å². The summed E-state index contributed by atoms with van der Waals surface area (Å²) in [5.41, 5.74) is 4.29. The number of hydrogen-bond acceptors (Lipinski definition) is 5. The minimum absolute atomic E-state index is 0.779. The lowest BCUT2D eigenvalue weighted by molar-refractivity contribution is -0.159. The number of benzene rings is 2. The molecule has 32 heavy (non-hydrogen) atoms. The van der Waals surface area contributed by atoms with Crippen LogP contribution < -0.4 is 4.90 Å². The summed E-state index contributed by atoms with van der Waals surface area (Å²) < 4.78 is 0. The van der Waals surface area contributed by atoms with E-state index in [1.165, 1.54) is 55.8 Å². The number of para-hydroxylation sites is 1. The van der Waals surface area contributed by atoms with Gasteiger partial charge >= 0.3 is 11.9 Å². The third kappa shape index (κ3) is 6.80. The number of aryl methyl sites for hydroxylation is 1. The molecule has 2 aliphatic heterocycles. The van der Waals surface area contributed by atoms with Crippen molar-refractivity contribution >= 4 is 17.6 Å². The molecule has 0 unspecified atom stereocenters. The molecule has 4 rings (SSSR count). The highest BCUT2D eigenvalue weighted by Gasteiger charge is 2.27. The lowest BCUT2D eigenvalue weighted by atomic mass is 10.0. The van der Waals surface area contributed by atoms with Crippen molar-refractivity contribution in [1.82, 2.24) is 9.80 Å². The van der Waals surface area contributed by atoms with E-state index in [1.54, 1.807) is 0 Å². The normalized spacial score (nSPS) is 18.0. The van der Waals surface area contributed by atoms with Crippen molar-refractivity contribution in [3.8, 4) is 0 Å². The number of piperidine rings is 1. The number of carboxylic acid groups (broad SMARTS) is 2. The number of rotatable bonds is 4. The van der Waals surface area contributed by atoms with Gasteiger partial charge in [-0.2, -0.15) is 0 Å². The summed E-state index contributed by atoms with van der Waals surface area (Å²) in [5.74, 6) is -3.65. The van der Waals surface area contributed by atoms with Crippen molar-refractivity contribution in [1.29, 1.82) is 0 Å². The molecule has 2 fully saturated rings. The SMILES string of the molecule is Cc1ccccc1CN1CCC(N2CCN(c3ccccc3)CC2)CC1.O=C(O)C(=O)O. The van der Waals surface area contributed by atoms with Gasteiger partial charge in [0.15, 0.2) is 0 Å². The molecule has 7 nitrogen and oxygen atoms in total. The minimum atomic E-state index is -1.82. The van der Waals surface area contributed by atoms with Gasteiger partial charge in [-0.25, -0.2) is 9.59 Å². The Kier molecular flexibility index (Phi) is 8.64. The molecular weight excluding hydrogens is 406 g/mol. The van der Waals surface area contributed by atoms with Crippen molar-refractivity contribution in [2.75, 3.05) is 44.2 Å². The summed E-state index contributed by atoms with van der Waals surface area (Å²) >= 11 is 0. The van der Waals surface area contributed by atoms with Crippen LogP contribution in [0, 0.1) is 6.92 Å². The van der Waals surface area contributed by atoms with Gasteiger partial charge in [0.1, 0.15) is 0 Å². The molecule has 0 atom stereocenters. The average molecular weight is 440 g/mol. The summed E-state index contributed by atoms with van der Waals surface area (Å²) in [7, 11) is 0. The fourth-order valence-electron chi connectivity index (χ4n) is 4.46. The van der Waals surface area contributed by atoms with Gasteiger partial charge in [-0.15, -0.1) is 0 Å². The largest absolute Gasteiger partial charge is 0.473 e. The Hall–Kier alpha value is -2.90. The second-order valence-electron chi connectivity index (χ2n) is 8.40. The third-order valence-electron chi connectivity index (χ3n) is 6.35. The van der Waals surface area contributed by atoms with Gasteiger partial charge in [0.25, 0.3) is 0 Å². The highest BCUT2D eigenvalue weighted by molar-refractivity contribution is 6.27. The average Bonchev–Trinajstić information content (AvgIpc) is 2.82. The van der Waals surface area contributed by atoms with Crippen molar-refractivity contribution in [3.63, 3.8) is 0 Å². The lowest BCUT2D eigenvalue weighted by Gasteiger charge is -2.43. The molecule has 0 amide bonds. The van der Waals surface area contributed by atoms with E-state index in [0.29, 0.717) is 0 Å². The first-order chi connectivity index (χ1) is 15.4. The van der Waals surface area contributed by atoms with Crippen LogP contribution in [-0.4, -0.2) is 77.3 Å². The third-order valence-corrected chi connectivity index (χ3v) is 6.35. The maximum absolute atomic E-state index is 9.10. The molecule has 0 bridgehead atoms. The van der Waals surface area contributed by atoms with Crippen LogP contribution in [0.5, 0.6) is 0 Å². The molecule has 2 aromatic rings. The number of anilines is 1. The van der Waals surface area contributed by atoms with Gasteiger partial charge in [-0.1, -0.05) is 42.5 Å². The Bertz CT molecular complexity index is 862.